The summed E-state index contributed by atoms with van der Waals surface area (Å²) in [5, 5.41) is 0.929. The minimum absolute atomic E-state index is 0.132. The Morgan fingerprint density at radius 2 is 1.81 bits per heavy atom. The monoisotopic (exact) mass is 359 g/mol. The van der Waals surface area contributed by atoms with E-state index >= 15 is 0 Å². The van der Waals surface area contributed by atoms with Gasteiger partial charge in [0.2, 0.25) is 0 Å². The van der Waals surface area contributed by atoms with Crippen LogP contribution in [0.2, 0.25) is 5.32 Å². The molecule has 0 heterocycles. The van der Waals surface area contributed by atoms with Crippen LogP contribution in [-0.2, 0) is 9.47 Å². The molecule has 0 amide bonds. The Balaban J connectivity index is 2.74. The number of methoxy groups -OCH3 is 1. The first-order valence-electron chi connectivity index (χ1n) is 7.33. The molecule has 0 spiro atoms. The molecule has 0 unspecified atom stereocenters. The molecule has 0 N–H and O–H groups in total. The van der Waals surface area contributed by atoms with Gasteiger partial charge in [-0.25, -0.2) is 0 Å². The van der Waals surface area contributed by atoms with Gasteiger partial charge in [0.1, 0.15) is 0 Å². The van der Waals surface area contributed by atoms with Gasteiger partial charge in [-0.1, -0.05) is 0 Å². The Labute approximate surface area is 136 Å². The standard InChI is InChI=1S/C17H29NO2Se/c1-13(18(5)6)14-10-8-9-11-15(14)21-12-16(19-7)20-17(2,3)4/h8-11,13,16H,12H2,1-7H3/t13-,16-/m1/s1. The van der Waals surface area contributed by atoms with Gasteiger partial charge in [0.25, 0.3) is 0 Å². The van der Waals surface area contributed by atoms with Crippen LogP contribution in [0.1, 0.15) is 39.3 Å². The van der Waals surface area contributed by atoms with Gasteiger partial charge in [-0.15, -0.1) is 0 Å². The predicted molar refractivity (Wildman–Crippen MR) is 90.4 cm³/mol. The number of hydrogen-bond acceptors (Lipinski definition) is 3. The van der Waals surface area contributed by atoms with Crippen molar-refractivity contribution in [3.8, 4) is 0 Å². The molecule has 2 atom stereocenters. The zero-order valence-corrected chi connectivity index (χ0v) is 16.1. The Bertz CT molecular complexity index is 429. The van der Waals surface area contributed by atoms with Crippen LogP contribution in [0.25, 0.3) is 0 Å². The molecule has 0 saturated heterocycles. The van der Waals surface area contributed by atoms with E-state index < -0.39 is 0 Å². The molecule has 21 heavy (non-hydrogen) atoms. The van der Waals surface area contributed by atoms with Crippen LogP contribution in [0.15, 0.2) is 24.3 Å². The minimum atomic E-state index is -0.173. The molecule has 120 valence electrons. The van der Waals surface area contributed by atoms with Crippen molar-refractivity contribution in [1.29, 1.82) is 0 Å². The maximum absolute atomic E-state index is 5.94. The summed E-state index contributed by atoms with van der Waals surface area (Å²) in [6.07, 6.45) is -0.132. The first-order valence-corrected chi connectivity index (χ1v) is 9.40. The summed E-state index contributed by atoms with van der Waals surface area (Å²) in [5.74, 6) is 0. The van der Waals surface area contributed by atoms with Crippen LogP contribution in [0.4, 0.5) is 0 Å². The van der Waals surface area contributed by atoms with Crippen molar-refractivity contribution in [3.05, 3.63) is 29.8 Å². The fourth-order valence-corrected chi connectivity index (χ4v) is 4.25. The fourth-order valence-electron chi connectivity index (χ4n) is 1.94. The average Bonchev–Trinajstić information content (AvgIpc) is 2.41. The van der Waals surface area contributed by atoms with Gasteiger partial charge in [-0.05, 0) is 0 Å². The third-order valence-electron chi connectivity index (χ3n) is 3.27. The topological polar surface area (TPSA) is 21.7 Å². The molecule has 0 aromatic heterocycles. The van der Waals surface area contributed by atoms with Gasteiger partial charge in [-0.3, -0.25) is 0 Å². The normalized spacial score (nSPS) is 15.2. The summed E-state index contributed by atoms with van der Waals surface area (Å²) in [6, 6.07) is 9.13. The van der Waals surface area contributed by atoms with Crippen LogP contribution in [0.3, 0.4) is 0 Å². The number of ether oxygens (including phenoxy) is 2. The van der Waals surface area contributed by atoms with Crippen molar-refractivity contribution in [2.24, 2.45) is 0 Å². The Morgan fingerprint density at radius 3 is 2.33 bits per heavy atom. The third-order valence-corrected chi connectivity index (χ3v) is 5.62. The van der Waals surface area contributed by atoms with Gasteiger partial charge in [0, 0.05) is 0 Å². The molecule has 3 nitrogen and oxygen atoms in total. The predicted octanol–water partition coefficient (Wildman–Crippen LogP) is 2.84. The zero-order chi connectivity index (χ0) is 16.0. The van der Waals surface area contributed by atoms with Gasteiger partial charge >= 0.3 is 136 Å². The quantitative estimate of drug-likeness (QED) is 0.553. The van der Waals surface area contributed by atoms with Crippen LogP contribution < -0.4 is 4.46 Å². The first-order chi connectivity index (χ1) is 9.74. The maximum atomic E-state index is 5.94. The molecule has 0 aliphatic carbocycles. The van der Waals surface area contributed by atoms with E-state index in [0.717, 1.165) is 5.32 Å². The Kier molecular flexibility index (Phi) is 7.38. The second kappa shape index (κ2) is 8.30. The molecule has 0 radical (unpaired) electrons. The Morgan fingerprint density at radius 1 is 1.19 bits per heavy atom. The number of nitrogens with zero attached hydrogens (tertiary/aromatic N) is 1. The van der Waals surface area contributed by atoms with E-state index in [1.165, 1.54) is 10.0 Å². The van der Waals surface area contributed by atoms with Crippen molar-refractivity contribution in [3.63, 3.8) is 0 Å². The summed E-state index contributed by atoms with van der Waals surface area (Å²) in [7, 11) is 5.96. The van der Waals surface area contributed by atoms with Crippen LogP contribution >= 0.6 is 0 Å². The molecule has 1 aromatic carbocycles. The van der Waals surface area contributed by atoms with E-state index in [9.17, 15) is 0 Å². The van der Waals surface area contributed by atoms with E-state index in [4.69, 9.17) is 9.47 Å². The van der Waals surface area contributed by atoms with E-state index in [2.05, 4.69) is 71.0 Å². The Hall–Kier alpha value is -0.381. The number of hydrogen-bond donors (Lipinski definition) is 0. The molecule has 4 heteroatoms. The summed E-state index contributed by atoms with van der Waals surface area (Å²) < 4.78 is 12.9. The van der Waals surface area contributed by atoms with E-state index in [1.807, 2.05) is 0 Å². The van der Waals surface area contributed by atoms with Crippen LogP contribution in [-0.4, -0.2) is 53.0 Å². The molecule has 0 saturated carbocycles. The zero-order valence-electron chi connectivity index (χ0n) is 14.3. The molecule has 0 aliphatic heterocycles. The van der Waals surface area contributed by atoms with Crippen LogP contribution in [0, 0.1) is 0 Å². The second-order valence-corrected chi connectivity index (χ2v) is 8.61. The molecule has 0 fully saturated rings. The second-order valence-electron chi connectivity index (χ2n) is 6.38. The average molecular weight is 358 g/mol. The first kappa shape index (κ1) is 18.7. The van der Waals surface area contributed by atoms with E-state index in [1.54, 1.807) is 7.11 Å². The van der Waals surface area contributed by atoms with Gasteiger partial charge in [0.05, 0.1) is 0 Å². The van der Waals surface area contributed by atoms with Crippen LogP contribution in [0.5, 0.6) is 0 Å². The molecule has 1 aromatic rings. The number of benzene rings is 1. The van der Waals surface area contributed by atoms with Gasteiger partial charge in [-0.2, -0.15) is 0 Å². The SMILES string of the molecule is CO[C@@H](C[Se]c1ccccc1[C@@H](C)N(C)C)OC(C)(C)C. The number of rotatable bonds is 7. The van der Waals surface area contributed by atoms with Gasteiger partial charge in [0.15, 0.2) is 0 Å². The van der Waals surface area contributed by atoms with Crippen molar-refractivity contribution >= 4 is 19.4 Å². The van der Waals surface area contributed by atoms with Crippen molar-refractivity contribution in [2.45, 2.75) is 50.9 Å². The van der Waals surface area contributed by atoms with E-state index in [0.29, 0.717) is 21.0 Å². The molecular weight excluding hydrogens is 329 g/mol. The molecule has 1 rings (SSSR count). The molecule has 0 aliphatic rings. The van der Waals surface area contributed by atoms with Crippen molar-refractivity contribution in [1.82, 2.24) is 4.90 Å². The summed E-state index contributed by atoms with van der Waals surface area (Å²) >= 11 is 0.340. The van der Waals surface area contributed by atoms with E-state index in [-0.39, 0.29) is 11.9 Å². The third kappa shape index (κ3) is 6.50. The van der Waals surface area contributed by atoms with Crippen molar-refractivity contribution < 1.29 is 9.47 Å². The summed E-state index contributed by atoms with van der Waals surface area (Å²) in [5.41, 5.74) is 1.24. The van der Waals surface area contributed by atoms with Crippen molar-refractivity contribution in [2.75, 3.05) is 21.2 Å². The van der Waals surface area contributed by atoms with Gasteiger partial charge < -0.3 is 0 Å². The molecule has 0 bridgehead atoms. The fraction of sp³-hybridized carbons (Fsp3) is 0.647. The summed E-state index contributed by atoms with van der Waals surface area (Å²) in [6.45, 7) is 8.44. The summed E-state index contributed by atoms with van der Waals surface area (Å²) in [4.78, 5) is 2.24. The molecular formula is C17H29NO2Se.